The summed E-state index contributed by atoms with van der Waals surface area (Å²) >= 11 is 0. The van der Waals surface area contributed by atoms with Gasteiger partial charge in [-0.1, -0.05) is 121 Å². The Bertz CT molecular complexity index is 1910. The van der Waals surface area contributed by atoms with E-state index in [0.29, 0.717) is 17.4 Å². The third kappa shape index (κ3) is 5.64. The van der Waals surface area contributed by atoms with Gasteiger partial charge < -0.3 is 13.9 Å². The molecule has 1 fully saturated rings. The highest BCUT2D eigenvalue weighted by Gasteiger charge is 2.55. The average Bonchev–Trinajstić information content (AvgIpc) is 3.66. The minimum Gasteiger partial charge on any atom is -0.484 e. The lowest BCUT2D eigenvalue weighted by Gasteiger charge is -2.40. The van der Waals surface area contributed by atoms with Gasteiger partial charge in [0.15, 0.2) is 6.10 Å². The molecule has 7 nitrogen and oxygen atoms in total. The first-order valence-corrected chi connectivity index (χ1v) is 15.9. The number of ether oxygens (including phenoxy) is 2. The molecule has 0 aliphatic carbocycles. The monoisotopic (exact) mass is 634 g/mol. The zero-order valence-corrected chi connectivity index (χ0v) is 26.7. The van der Waals surface area contributed by atoms with Gasteiger partial charge >= 0.3 is 6.09 Å². The second kappa shape index (κ2) is 13.0. The summed E-state index contributed by atoms with van der Waals surface area (Å²) in [5.74, 6) is 1.49. The number of benzene rings is 5. The van der Waals surface area contributed by atoms with Gasteiger partial charge in [0.25, 0.3) is 5.91 Å². The highest BCUT2D eigenvalue weighted by molar-refractivity contribution is 6.02. The highest BCUT2D eigenvalue weighted by Crippen LogP contribution is 2.45. The Labute approximate surface area is 279 Å². The van der Waals surface area contributed by atoms with Crippen LogP contribution in [0.25, 0.3) is 11.5 Å². The summed E-state index contributed by atoms with van der Waals surface area (Å²) in [5, 5.41) is 0. The molecule has 1 saturated heterocycles. The Balaban J connectivity index is 1.13. The van der Waals surface area contributed by atoms with Crippen molar-refractivity contribution in [2.24, 2.45) is 0 Å². The van der Waals surface area contributed by atoms with Crippen molar-refractivity contribution in [3.63, 3.8) is 0 Å². The Kier molecular flexibility index (Phi) is 8.34. The number of hydrogen-bond donors (Lipinski definition) is 0. The van der Waals surface area contributed by atoms with Crippen molar-refractivity contribution in [1.29, 1.82) is 0 Å². The summed E-state index contributed by atoms with van der Waals surface area (Å²) < 4.78 is 18.0. The van der Waals surface area contributed by atoms with Crippen molar-refractivity contribution in [3.05, 3.63) is 179 Å². The fraction of sp³-hybridized carbons (Fsp3) is 0.146. The Morgan fingerprint density at radius 2 is 1.23 bits per heavy atom. The molecule has 2 heterocycles. The Hall–Kier alpha value is -5.95. The van der Waals surface area contributed by atoms with Gasteiger partial charge in [-0.25, -0.2) is 14.7 Å². The van der Waals surface area contributed by atoms with Gasteiger partial charge in [0.2, 0.25) is 5.89 Å². The van der Waals surface area contributed by atoms with Crippen LogP contribution in [0, 0.1) is 6.92 Å². The fourth-order valence-corrected chi connectivity index (χ4v) is 6.48. The number of amides is 2. The van der Waals surface area contributed by atoms with Crippen molar-refractivity contribution in [2.75, 3.05) is 0 Å². The number of aromatic nitrogens is 1. The molecule has 2 atom stereocenters. The quantitative estimate of drug-likeness (QED) is 0.140. The van der Waals surface area contributed by atoms with E-state index in [1.165, 1.54) is 4.90 Å². The van der Waals surface area contributed by atoms with Crippen LogP contribution in [0.5, 0.6) is 5.75 Å². The van der Waals surface area contributed by atoms with Crippen molar-refractivity contribution in [2.45, 2.75) is 38.0 Å². The molecule has 1 aromatic heterocycles. The first-order valence-electron chi connectivity index (χ1n) is 15.9. The van der Waals surface area contributed by atoms with Crippen LogP contribution in [0.3, 0.4) is 0 Å². The van der Waals surface area contributed by atoms with E-state index >= 15 is 0 Å². The van der Waals surface area contributed by atoms with E-state index in [1.54, 1.807) is 0 Å². The molecule has 48 heavy (non-hydrogen) atoms. The molecular weight excluding hydrogens is 600 g/mol. The van der Waals surface area contributed by atoms with Gasteiger partial charge in [-0.15, -0.1) is 0 Å². The molecular formula is C41H34N2O5. The minimum absolute atomic E-state index is 0.216. The maximum absolute atomic E-state index is 14.3. The lowest BCUT2D eigenvalue weighted by Crippen LogP contribution is -2.51. The molecule has 0 spiro atoms. The smallest absolute Gasteiger partial charge is 0.418 e. The molecule has 7 rings (SSSR count). The molecule has 2 unspecified atom stereocenters. The van der Waals surface area contributed by atoms with E-state index in [9.17, 15) is 9.59 Å². The molecule has 0 saturated carbocycles. The second-order valence-corrected chi connectivity index (χ2v) is 11.8. The van der Waals surface area contributed by atoms with E-state index in [2.05, 4.69) is 4.98 Å². The molecule has 0 N–H and O–H groups in total. The summed E-state index contributed by atoms with van der Waals surface area (Å²) in [6.45, 7) is 3.81. The van der Waals surface area contributed by atoms with E-state index in [-0.39, 0.29) is 12.5 Å². The average molecular weight is 635 g/mol. The van der Waals surface area contributed by atoms with Crippen LogP contribution in [0.15, 0.2) is 150 Å². The van der Waals surface area contributed by atoms with Crippen molar-refractivity contribution >= 4 is 12.0 Å². The number of imide groups is 1. The van der Waals surface area contributed by atoms with Crippen LogP contribution < -0.4 is 4.74 Å². The fourth-order valence-electron chi connectivity index (χ4n) is 6.48. The van der Waals surface area contributed by atoms with Crippen molar-refractivity contribution in [3.8, 4) is 17.2 Å². The lowest BCUT2D eigenvalue weighted by molar-refractivity contribution is -0.132. The summed E-state index contributed by atoms with van der Waals surface area (Å²) in [4.78, 5) is 34.1. The van der Waals surface area contributed by atoms with Gasteiger partial charge in [0, 0.05) is 12.0 Å². The Morgan fingerprint density at radius 3 is 1.75 bits per heavy atom. The third-order valence-electron chi connectivity index (χ3n) is 8.73. The minimum atomic E-state index is -1.24. The number of nitrogens with zero attached hydrogens (tertiary/aromatic N) is 2. The summed E-state index contributed by atoms with van der Waals surface area (Å²) in [5.41, 5.74) is 3.56. The van der Waals surface area contributed by atoms with Crippen LogP contribution in [-0.4, -0.2) is 28.0 Å². The summed E-state index contributed by atoms with van der Waals surface area (Å²) in [7, 11) is 0. The van der Waals surface area contributed by atoms with Gasteiger partial charge in [-0.05, 0) is 60.4 Å². The molecule has 0 bridgehead atoms. The van der Waals surface area contributed by atoms with Gasteiger partial charge in [-0.2, -0.15) is 0 Å². The number of rotatable bonds is 10. The summed E-state index contributed by atoms with van der Waals surface area (Å²) in [6.07, 6.45) is -1.82. The van der Waals surface area contributed by atoms with Crippen LogP contribution in [0.2, 0.25) is 0 Å². The first-order chi connectivity index (χ1) is 23.4. The zero-order chi connectivity index (χ0) is 33.1. The number of carbonyl (C=O) groups is 2. The van der Waals surface area contributed by atoms with E-state index in [0.717, 1.165) is 33.5 Å². The lowest BCUT2D eigenvalue weighted by atomic mass is 9.75. The molecule has 1 aliphatic heterocycles. The second-order valence-electron chi connectivity index (χ2n) is 11.8. The first kappa shape index (κ1) is 30.7. The van der Waals surface area contributed by atoms with Crippen molar-refractivity contribution < 1.29 is 23.5 Å². The third-order valence-corrected chi connectivity index (χ3v) is 8.73. The number of cyclic esters (lactones) is 1. The highest BCUT2D eigenvalue weighted by atomic mass is 16.6. The summed E-state index contributed by atoms with van der Waals surface area (Å²) in [6, 6.07) is 46.1. The maximum Gasteiger partial charge on any atom is 0.418 e. The molecule has 0 radical (unpaired) electrons. The molecule has 1 aliphatic rings. The van der Waals surface area contributed by atoms with Crippen LogP contribution >= 0.6 is 0 Å². The number of hydrogen-bond acceptors (Lipinski definition) is 6. The van der Waals surface area contributed by atoms with E-state index in [1.807, 2.05) is 159 Å². The van der Waals surface area contributed by atoms with Gasteiger partial charge in [-0.3, -0.25) is 4.79 Å². The van der Waals surface area contributed by atoms with Crippen LogP contribution in [-0.2, 0) is 21.5 Å². The van der Waals surface area contributed by atoms with Gasteiger partial charge in [0.1, 0.15) is 28.8 Å². The molecule has 238 valence electrons. The SMILES string of the molecule is Cc1oc(-c2ccccc2)nc1C(C)Oc1ccc(CC2OC(=O)N(C(c3ccccc3)(c3ccccc3)c3ccccc3)C2=O)cc1. The predicted molar refractivity (Wildman–Crippen MR) is 182 cm³/mol. The van der Waals surface area contributed by atoms with Gasteiger partial charge in [0.05, 0.1) is 0 Å². The topological polar surface area (TPSA) is 81.9 Å². The van der Waals surface area contributed by atoms with E-state index < -0.39 is 23.6 Å². The Morgan fingerprint density at radius 1 is 0.729 bits per heavy atom. The zero-order valence-electron chi connectivity index (χ0n) is 26.7. The molecule has 5 aromatic carbocycles. The molecule has 6 aromatic rings. The number of aryl methyl sites for hydroxylation is 1. The standard InChI is InChI=1S/C41H34N2O5/c1-28(37-29(2)47-38(42-37)31-15-7-3-8-16-31)46-35-25-23-30(24-26-35)27-36-39(44)43(40(45)48-36)41(32-17-9-4-10-18-32,33-19-11-5-12-20-33)34-21-13-6-14-22-34/h3-26,28,36H,27H2,1-2H3. The molecule has 7 heteroatoms. The van der Waals surface area contributed by atoms with E-state index in [4.69, 9.17) is 13.9 Å². The van der Waals surface area contributed by atoms with Crippen LogP contribution in [0.4, 0.5) is 4.79 Å². The number of carbonyl (C=O) groups excluding carboxylic acids is 2. The molecule has 2 amide bonds. The largest absolute Gasteiger partial charge is 0.484 e. The predicted octanol–water partition coefficient (Wildman–Crippen LogP) is 8.67. The van der Waals surface area contributed by atoms with Crippen molar-refractivity contribution in [1.82, 2.24) is 9.88 Å². The van der Waals surface area contributed by atoms with Crippen LogP contribution in [0.1, 0.15) is 46.7 Å². The number of oxazole rings is 1. The maximum atomic E-state index is 14.3. The normalized spacial score (nSPS) is 15.3.